The molecule has 1 amide bonds. The van der Waals surface area contributed by atoms with E-state index in [1.54, 1.807) is 12.1 Å². The number of aromatic nitrogens is 2. The first-order valence-electron chi connectivity index (χ1n) is 8.84. The standard InChI is InChI=1S/C20H14F3N3O3/c21-20(22,23)12-2-1-3-13(7-12)26-9-24-18-14(8-17(27)25-19(18)26)11-4-5-15-16(6-11)29-10-28-15/h1-7,9,14H,8,10H2,(H,25,27)/t14-/m1/s1. The maximum absolute atomic E-state index is 13.1. The second-order valence-electron chi connectivity index (χ2n) is 6.81. The van der Waals surface area contributed by atoms with Crippen LogP contribution in [0.25, 0.3) is 5.69 Å². The van der Waals surface area contributed by atoms with Crippen molar-refractivity contribution in [2.24, 2.45) is 0 Å². The van der Waals surface area contributed by atoms with Gasteiger partial charge < -0.3 is 14.8 Å². The van der Waals surface area contributed by atoms with Gasteiger partial charge >= 0.3 is 6.18 Å². The molecule has 0 saturated carbocycles. The van der Waals surface area contributed by atoms with Crippen molar-refractivity contribution in [2.75, 3.05) is 12.1 Å². The number of nitrogens with one attached hydrogen (secondary N) is 1. The zero-order valence-electron chi connectivity index (χ0n) is 14.9. The Kier molecular flexibility index (Phi) is 3.80. The van der Waals surface area contributed by atoms with Gasteiger partial charge in [-0.1, -0.05) is 12.1 Å². The van der Waals surface area contributed by atoms with Gasteiger partial charge in [0.15, 0.2) is 11.5 Å². The number of ether oxygens (including phenoxy) is 2. The smallest absolute Gasteiger partial charge is 0.416 e. The highest BCUT2D eigenvalue weighted by molar-refractivity contribution is 5.94. The fourth-order valence-electron chi connectivity index (χ4n) is 3.64. The van der Waals surface area contributed by atoms with Gasteiger partial charge in [0.1, 0.15) is 12.1 Å². The highest BCUT2D eigenvalue weighted by Crippen LogP contribution is 2.41. The second-order valence-corrected chi connectivity index (χ2v) is 6.81. The summed E-state index contributed by atoms with van der Waals surface area (Å²) in [6.45, 7) is 0.138. The molecule has 3 heterocycles. The predicted molar refractivity (Wildman–Crippen MR) is 96.2 cm³/mol. The van der Waals surface area contributed by atoms with Gasteiger partial charge in [-0.05, 0) is 35.9 Å². The van der Waals surface area contributed by atoms with Gasteiger partial charge in [0.05, 0.1) is 11.3 Å². The first-order chi connectivity index (χ1) is 13.9. The summed E-state index contributed by atoms with van der Waals surface area (Å²) < 4.78 is 51.4. The van der Waals surface area contributed by atoms with E-state index in [2.05, 4.69) is 10.3 Å². The molecule has 9 heteroatoms. The lowest BCUT2D eigenvalue weighted by Crippen LogP contribution is -2.25. The number of carbonyl (C=O) groups excluding carboxylic acids is 1. The quantitative estimate of drug-likeness (QED) is 0.703. The maximum atomic E-state index is 13.1. The number of anilines is 1. The molecule has 1 N–H and O–H groups in total. The first kappa shape index (κ1) is 17.6. The fourth-order valence-corrected chi connectivity index (χ4v) is 3.64. The van der Waals surface area contributed by atoms with E-state index in [9.17, 15) is 18.0 Å². The van der Waals surface area contributed by atoms with Crippen LogP contribution < -0.4 is 14.8 Å². The number of hydrogen-bond donors (Lipinski definition) is 1. The van der Waals surface area contributed by atoms with Gasteiger partial charge in [-0.3, -0.25) is 9.36 Å². The molecule has 5 rings (SSSR count). The Morgan fingerprint density at radius 1 is 1.10 bits per heavy atom. The van der Waals surface area contributed by atoms with Crippen molar-refractivity contribution < 1.29 is 27.4 Å². The molecule has 0 spiro atoms. The largest absolute Gasteiger partial charge is 0.454 e. The monoisotopic (exact) mass is 401 g/mol. The number of rotatable bonds is 2. The molecule has 1 atom stereocenters. The molecule has 2 aromatic carbocycles. The van der Waals surface area contributed by atoms with Crippen molar-refractivity contribution in [3.63, 3.8) is 0 Å². The van der Waals surface area contributed by atoms with Gasteiger partial charge in [-0.15, -0.1) is 0 Å². The Labute approximate surface area is 162 Å². The van der Waals surface area contributed by atoms with Crippen LogP contribution in [0.3, 0.4) is 0 Å². The summed E-state index contributed by atoms with van der Waals surface area (Å²) >= 11 is 0. The van der Waals surface area contributed by atoms with E-state index >= 15 is 0 Å². The Morgan fingerprint density at radius 3 is 2.76 bits per heavy atom. The average molecular weight is 401 g/mol. The summed E-state index contributed by atoms with van der Waals surface area (Å²) in [6, 6.07) is 10.3. The van der Waals surface area contributed by atoms with E-state index in [1.807, 2.05) is 6.07 Å². The van der Waals surface area contributed by atoms with Crippen LogP contribution >= 0.6 is 0 Å². The minimum absolute atomic E-state index is 0.138. The molecule has 0 unspecified atom stereocenters. The van der Waals surface area contributed by atoms with E-state index in [4.69, 9.17) is 9.47 Å². The number of fused-ring (bicyclic) bond motifs is 2. The summed E-state index contributed by atoms with van der Waals surface area (Å²) in [4.78, 5) is 16.8. The number of amides is 1. The van der Waals surface area contributed by atoms with E-state index in [0.717, 1.165) is 17.7 Å². The predicted octanol–water partition coefficient (Wildman–Crippen LogP) is 4.09. The molecule has 3 aromatic rings. The van der Waals surface area contributed by atoms with Crippen molar-refractivity contribution in [1.29, 1.82) is 0 Å². The van der Waals surface area contributed by atoms with Crippen molar-refractivity contribution in [2.45, 2.75) is 18.5 Å². The third kappa shape index (κ3) is 2.98. The molecule has 0 radical (unpaired) electrons. The molecule has 29 heavy (non-hydrogen) atoms. The molecule has 2 aliphatic rings. The molecule has 148 valence electrons. The number of imidazole rings is 1. The summed E-state index contributed by atoms with van der Waals surface area (Å²) in [5, 5.41) is 2.74. The number of halogens is 3. The maximum Gasteiger partial charge on any atom is 0.416 e. The SMILES string of the molecule is O=C1C[C@H](c2ccc3c(c2)OCO3)c2ncn(-c3cccc(C(F)(F)F)c3)c2N1. The van der Waals surface area contributed by atoms with E-state index < -0.39 is 11.7 Å². The zero-order chi connectivity index (χ0) is 20.2. The van der Waals surface area contributed by atoms with Gasteiger partial charge in [0, 0.05) is 18.0 Å². The van der Waals surface area contributed by atoms with Crippen LogP contribution in [0, 0.1) is 0 Å². The average Bonchev–Trinajstić information content (AvgIpc) is 3.33. The number of hydrogen-bond acceptors (Lipinski definition) is 4. The lowest BCUT2D eigenvalue weighted by Gasteiger charge is -2.23. The first-order valence-corrected chi connectivity index (χ1v) is 8.84. The molecule has 2 aliphatic heterocycles. The van der Waals surface area contributed by atoms with Gasteiger partial charge in [-0.2, -0.15) is 13.2 Å². The molecular formula is C20H14F3N3O3. The Balaban J connectivity index is 1.58. The minimum atomic E-state index is -4.46. The number of carbonyl (C=O) groups is 1. The molecule has 6 nitrogen and oxygen atoms in total. The second kappa shape index (κ2) is 6.26. The third-order valence-corrected chi connectivity index (χ3v) is 5.02. The number of alkyl halides is 3. The molecule has 1 aromatic heterocycles. The minimum Gasteiger partial charge on any atom is -0.454 e. The van der Waals surface area contributed by atoms with Crippen LogP contribution in [0.4, 0.5) is 19.0 Å². The summed E-state index contributed by atoms with van der Waals surface area (Å²) in [6.07, 6.45) is -2.87. The topological polar surface area (TPSA) is 65.4 Å². The van der Waals surface area contributed by atoms with Gasteiger partial charge in [0.2, 0.25) is 12.7 Å². The lowest BCUT2D eigenvalue weighted by atomic mass is 9.89. The van der Waals surface area contributed by atoms with Crippen molar-refractivity contribution >= 4 is 11.7 Å². The molecule has 0 bridgehead atoms. The van der Waals surface area contributed by atoms with E-state index in [0.29, 0.717) is 23.0 Å². The van der Waals surface area contributed by atoms with Crippen LogP contribution in [-0.4, -0.2) is 22.3 Å². The number of benzene rings is 2. The Hall–Kier alpha value is -3.49. The highest BCUT2D eigenvalue weighted by Gasteiger charge is 2.33. The van der Waals surface area contributed by atoms with E-state index in [1.165, 1.54) is 23.0 Å². The highest BCUT2D eigenvalue weighted by atomic mass is 19.4. The van der Waals surface area contributed by atoms with Crippen LogP contribution in [0.5, 0.6) is 11.5 Å². The van der Waals surface area contributed by atoms with Crippen LogP contribution in [0.15, 0.2) is 48.8 Å². The van der Waals surface area contributed by atoms with Crippen molar-refractivity contribution in [3.8, 4) is 17.2 Å². The van der Waals surface area contributed by atoms with Crippen LogP contribution in [0.2, 0.25) is 0 Å². The van der Waals surface area contributed by atoms with E-state index in [-0.39, 0.29) is 30.7 Å². The normalized spacial score (nSPS) is 17.8. The van der Waals surface area contributed by atoms with Gasteiger partial charge in [0.25, 0.3) is 0 Å². The number of nitrogens with zero attached hydrogens (tertiary/aromatic N) is 2. The molecular weight excluding hydrogens is 387 g/mol. The fraction of sp³-hybridized carbons (Fsp3) is 0.200. The van der Waals surface area contributed by atoms with Crippen molar-refractivity contribution in [3.05, 3.63) is 65.6 Å². The molecule has 0 fully saturated rings. The van der Waals surface area contributed by atoms with Crippen molar-refractivity contribution in [1.82, 2.24) is 9.55 Å². The summed E-state index contributed by atoms with van der Waals surface area (Å²) in [5.41, 5.74) is 0.896. The third-order valence-electron chi connectivity index (χ3n) is 5.02. The molecule has 0 saturated heterocycles. The zero-order valence-corrected chi connectivity index (χ0v) is 14.9. The lowest BCUT2D eigenvalue weighted by molar-refractivity contribution is -0.137. The van der Waals surface area contributed by atoms with Gasteiger partial charge in [-0.25, -0.2) is 4.98 Å². The van der Waals surface area contributed by atoms with Crippen LogP contribution in [0.1, 0.15) is 29.2 Å². The molecule has 0 aliphatic carbocycles. The Morgan fingerprint density at radius 2 is 1.93 bits per heavy atom. The van der Waals surface area contributed by atoms with Crippen LogP contribution in [-0.2, 0) is 11.0 Å². The Bertz CT molecular complexity index is 1120. The summed E-state index contributed by atoms with van der Waals surface area (Å²) in [5.74, 6) is 0.994. The summed E-state index contributed by atoms with van der Waals surface area (Å²) in [7, 11) is 0.